The Morgan fingerprint density at radius 2 is 1.51 bits per heavy atom. The van der Waals surface area contributed by atoms with Gasteiger partial charge in [0, 0.05) is 12.6 Å². The van der Waals surface area contributed by atoms with Crippen molar-refractivity contribution in [2.24, 2.45) is 0 Å². The van der Waals surface area contributed by atoms with Crippen LogP contribution in [0.25, 0.3) is 0 Å². The fourth-order valence-corrected chi connectivity index (χ4v) is 7.35. The van der Waals surface area contributed by atoms with Gasteiger partial charge >= 0.3 is 0 Å². The molecule has 0 bridgehead atoms. The number of benzene rings is 3. The van der Waals surface area contributed by atoms with E-state index in [1.54, 1.807) is 35.2 Å². The summed E-state index contributed by atoms with van der Waals surface area (Å²) in [6.07, 6.45) is 5.60. The van der Waals surface area contributed by atoms with E-state index < -0.39 is 28.5 Å². The van der Waals surface area contributed by atoms with Crippen LogP contribution >= 0.6 is 0 Å². The topological polar surface area (TPSA) is 86.8 Å². The third-order valence-electron chi connectivity index (χ3n) is 8.45. The van der Waals surface area contributed by atoms with Gasteiger partial charge in [0.05, 0.1) is 10.6 Å². The molecule has 8 heteroatoms. The van der Waals surface area contributed by atoms with Gasteiger partial charge in [0.15, 0.2) is 0 Å². The number of carbonyl (C=O) groups is 2. The van der Waals surface area contributed by atoms with E-state index in [1.165, 1.54) is 10.7 Å². The number of amides is 2. The lowest BCUT2D eigenvalue weighted by molar-refractivity contribution is -0.140. The summed E-state index contributed by atoms with van der Waals surface area (Å²) in [5, 5.41) is 3.20. The molecule has 230 valence electrons. The number of rotatable bonds is 11. The van der Waals surface area contributed by atoms with E-state index in [9.17, 15) is 18.0 Å². The molecule has 1 fully saturated rings. The van der Waals surface area contributed by atoms with Gasteiger partial charge in [0.1, 0.15) is 12.6 Å². The second-order valence-electron chi connectivity index (χ2n) is 11.8. The molecule has 4 rings (SSSR count). The molecule has 0 heterocycles. The van der Waals surface area contributed by atoms with Gasteiger partial charge in [-0.25, -0.2) is 8.42 Å². The molecule has 1 N–H and O–H groups in total. The van der Waals surface area contributed by atoms with Gasteiger partial charge < -0.3 is 10.2 Å². The van der Waals surface area contributed by atoms with Crippen LogP contribution in [0.4, 0.5) is 5.69 Å². The maximum absolute atomic E-state index is 14.4. The van der Waals surface area contributed by atoms with Crippen LogP contribution in [0, 0.1) is 27.7 Å². The molecule has 1 aliphatic rings. The summed E-state index contributed by atoms with van der Waals surface area (Å²) < 4.78 is 29.5. The van der Waals surface area contributed by atoms with E-state index in [0.717, 1.165) is 53.5 Å². The molecule has 43 heavy (non-hydrogen) atoms. The summed E-state index contributed by atoms with van der Waals surface area (Å²) in [7, 11) is -4.11. The molecule has 2 amide bonds. The molecule has 1 aliphatic carbocycles. The molecular formula is C35H45N3O4S. The Kier molecular flexibility index (Phi) is 10.7. The Morgan fingerprint density at radius 1 is 0.860 bits per heavy atom. The molecule has 0 aliphatic heterocycles. The Hall–Kier alpha value is -3.65. The third kappa shape index (κ3) is 7.85. The Bertz CT molecular complexity index is 1530. The highest BCUT2D eigenvalue weighted by Gasteiger charge is 2.35. The number of sulfonamides is 1. The van der Waals surface area contributed by atoms with Crippen molar-refractivity contribution in [1.82, 2.24) is 10.2 Å². The van der Waals surface area contributed by atoms with Gasteiger partial charge in [-0.1, -0.05) is 85.8 Å². The summed E-state index contributed by atoms with van der Waals surface area (Å²) in [5.41, 5.74) is 5.03. The molecule has 3 aromatic rings. The van der Waals surface area contributed by atoms with Crippen molar-refractivity contribution < 1.29 is 18.0 Å². The van der Waals surface area contributed by atoms with Crippen molar-refractivity contribution in [3.8, 4) is 0 Å². The first-order chi connectivity index (χ1) is 20.5. The maximum atomic E-state index is 14.4. The van der Waals surface area contributed by atoms with Crippen molar-refractivity contribution >= 4 is 27.5 Å². The normalized spacial score (nSPS) is 14.6. The van der Waals surface area contributed by atoms with Crippen LogP contribution in [0.15, 0.2) is 71.6 Å². The number of anilines is 1. The lowest BCUT2D eigenvalue weighted by atomic mass is 9.95. The second-order valence-corrected chi connectivity index (χ2v) is 13.7. The second kappa shape index (κ2) is 14.2. The first-order valence-corrected chi connectivity index (χ1v) is 16.8. The minimum Gasteiger partial charge on any atom is -0.352 e. The van der Waals surface area contributed by atoms with Gasteiger partial charge in [-0.3, -0.25) is 13.9 Å². The van der Waals surface area contributed by atoms with E-state index in [-0.39, 0.29) is 23.4 Å². The SMILES string of the molecule is CC[C@H](C(=O)NC1CCCCC1)N(Cc1ccccc1C)C(=O)CN(c1ccc(C)cc1C)S(=O)(=O)c1ccc(C)cc1. The first-order valence-electron chi connectivity index (χ1n) is 15.3. The number of nitrogens with one attached hydrogen (secondary N) is 1. The number of carbonyl (C=O) groups excluding carboxylic acids is 2. The van der Waals surface area contributed by atoms with Gasteiger partial charge in [-0.2, -0.15) is 0 Å². The highest BCUT2D eigenvalue weighted by Crippen LogP contribution is 2.29. The number of hydrogen-bond acceptors (Lipinski definition) is 4. The monoisotopic (exact) mass is 603 g/mol. The zero-order chi connectivity index (χ0) is 31.1. The lowest BCUT2D eigenvalue weighted by Crippen LogP contribution is -2.54. The summed E-state index contributed by atoms with van der Waals surface area (Å²) in [6, 6.07) is 19.3. The van der Waals surface area contributed by atoms with E-state index in [0.29, 0.717) is 12.1 Å². The predicted octanol–water partition coefficient (Wildman–Crippen LogP) is 6.37. The van der Waals surface area contributed by atoms with E-state index in [2.05, 4.69) is 5.32 Å². The molecule has 3 aromatic carbocycles. The standard InChI is InChI=1S/C35H45N3O4S/c1-6-32(35(40)36-30-14-8-7-9-15-30)37(23-29-13-11-10-12-27(29)4)34(39)24-38(33-21-18-26(3)22-28(33)5)43(41,42)31-19-16-25(2)17-20-31/h10-13,16-22,30,32H,6-9,14-15,23-24H2,1-5H3,(H,36,40)/t32-/m1/s1. The van der Waals surface area contributed by atoms with Crippen molar-refractivity contribution in [2.45, 2.75) is 96.7 Å². The van der Waals surface area contributed by atoms with Crippen molar-refractivity contribution in [2.75, 3.05) is 10.8 Å². The van der Waals surface area contributed by atoms with Gasteiger partial charge in [-0.05, 0) is 81.8 Å². The zero-order valence-corrected chi connectivity index (χ0v) is 26.9. The fraction of sp³-hybridized carbons (Fsp3) is 0.429. The fourth-order valence-electron chi connectivity index (χ4n) is 5.87. The predicted molar refractivity (Wildman–Crippen MR) is 172 cm³/mol. The molecular weight excluding hydrogens is 558 g/mol. The smallest absolute Gasteiger partial charge is 0.264 e. The summed E-state index contributed by atoms with van der Waals surface area (Å²) in [4.78, 5) is 29.8. The highest BCUT2D eigenvalue weighted by molar-refractivity contribution is 7.92. The van der Waals surface area contributed by atoms with Crippen LogP contribution < -0.4 is 9.62 Å². The van der Waals surface area contributed by atoms with Gasteiger partial charge in [0.2, 0.25) is 11.8 Å². The molecule has 1 atom stereocenters. The molecule has 0 spiro atoms. The van der Waals surface area contributed by atoms with E-state index in [1.807, 2.05) is 71.0 Å². The lowest BCUT2D eigenvalue weighted by Gasteiger charge is -2.35. The van der Waals surface area contributed by atoms with Crippen LogP contribution in [-0.4, -0.2) is 43.8 Å². The number of nitrogens with zero attached hydrogens (tertiary/aromatic N) is 2. The first kappa shape index (κ1) is 32.3. The summed E-state index contributed by atoms with van der Waals surface area (Å²) in [5.74, 6) is -0.611. The Balaban J connectivity index is 1.74. The van der Waals surface area contributed by atoms with Crippen LogP contribution in [-0.2, 0) is 26.2 Å². The number of hydrogen-bond donors (Lipinski definition) is 1. The van der Waals surface area contributed by atoms with Crippen LogP contribution in [0.3, 0.4) is 0 Å². The average molecular weight is 604 g/mol. The van der Waals surface area contributed by atoms with Crippen molar-refractivity contribution in [3.05, 3.63) is 94.5 Å². The van der Waals surface area contributed by atoms with Crippen molar-refractivity contribution in [3.63, 3.8) is 0 Å². The molecule has 1 saturated carbocycles. The Morgan fingerprint density at radius 3 is 2.14 bits per heavy atom. The van der Waals surface area contributed by atoms with Gasteiger partial charge in [0.25, 0.3) is 10.0 Å². The quantitative estimate of drug-likeness (QED) is 0.276. The molecule has 0 saturated heterocycles. The summed E-state index contributed by atoms with van der Waals surface area (Å²) >= 11 is 0. The Labute approximate surface area is 257 Å². The minimum atomic E-state index is -4.11. The number of aryl methyl sites for hydroxylation is 4. The molecule has 0 aromatic heterocycles. The van der Waals surface area contributed by atoms with E-state index in [4.69, 9.17) is 0 Å². The van der Waals surface area contributed by atoms with Crippen LogP contribution in [0.5, 0.6) is 0 Å². The van der Waals surface area contributed by atoms with Crippen LogP contribution in [0.1, 0.15) is 73.3 Å². The van der Waals surface area contributed by atoms with Crippen LogP contribution in [0.2, 0.25) is 0 Å². The maximum Gasteiger partial charge on any atom is 0.264 e. The highest BCUT2D eigenvalue weighted by atomic mass is 32.2. The molecule has 0 radical (unpaired) electrons. The zero-order valence-electron chi connectivity index (χ0n) is 26.1. The third-order valence-corrected chi connectivity index (χ3v) is 10.2. The van der Waals surface area contributed by atoms with Crippen molar-refractivity contribution in [1.29, 1.82) is 0 Å². The van der Waals surface area contributed by atoms with E-state index >= 15 is 0 Å². The summed E-state index contributed by atoms with van der Waals surface area (Å²) in [6.45, 7) is 9.34. The molecule has 7 nitrogen and oxygen atoms in total. The largest absolute Gasteiger partial charge is 0.352 e. The van der Waals surface area contributed by atoms with Gasteiger partial charge in [-0.15, -0.1) is 0 Å². The minimum absolute atomic E-state index is 0.0966. The average Bonchev–Trinajstić information content (AvgIpc) is 2.97. The molecule has 0 unspecified atom stereocenters.